The zero-order chi connectivity index (χ0) is 28.7. The Hall–Kier alpha value is -3.17. The van der Waals surface area contributed by atoms with Crippen molar-refractivity contribution in [2.24, 2.45) is 5.92 Å². The minimum absolute atomic E-state index is 0.0136. The molecule has 3 rings (SSSR count). The molecule has 0 radical (unpaired) electrons. The number of anilines is 1. The first kappa shape index (κ1) is 30.4. The highest BCUT2D eigenvalue weighted by Crippen LogP contribution is 2.37. The second-order valence-corrected chi connectivity index (χ2v) is 11.1. The average molecular weight is 575 g/mol. The summed E-state index contributed by atoms with van der Waals surface area (Å²) in [5.41, 5.74) is 0.662. The van der Waals surface area contributed by atoms with Crippen molar-refractivity contribution in [2.45, 2.75) is 65.8 Å². The third-order valence-corrected chi connectivity index (χ3v) is 8.30. The van der Waals surface area contributed by atoms with Crippen LogP contribution < -0.4 is 10.5 Å². The maximum absolute atomic E-state index is 13.3. The number of unbranched alkanes of at least 4 members (excludes halogenated alkanes) is 2. The summed E-state index contributed by atoms with van der Waals surface area (Å²) in [6.45, 7) is 7.24. The fraction of sp³-hybridized carbons (Fsp3) is 0.556. The Bertz CT molecular complexity index is 1280. The summed E-state index contributed by atoms with van der Waals surface area (Å²) in [4.78, 5) is 53.8. The number of hydrogen-bond donors (Lipinski definition) is 1. The van der Waals surface area contributed by atoms with E-state index in [2.05, 4.69) is 0 Å². The maximum Gasteiger partial charge on any atom is 0.310 e. The van der Waals surface area contributed by atoms with Crippen molar-refractivity contribution in [1.82, 2.24) is 9.47 Å². The van der Waals surface area contributed by atoms with Gasteiger partial charge in [0.2, 0.25) is 0 Å². The van der Waals surface area contributed by atoms with E-state index >= 15 is 0 Å². The summed E-state index contributed by atoms with van der Waals surface area (Å²) < 4.78 is 7.20. The lowest BCUT2D eigenvalue weighted by Crippen LogP contribution is -2.43. The van der Waals surface area contributed by atoms with Crippen LogP contribution in [0.3, 0.4) is 0 Å². The van der Waals surface area contributed by atoms with Crippen molar-refractivity contribution < 1.29 is 24.2 Å². The Morgan fingerprint density at radius 1 is 1.26 bits per heavy atom. The monoisotopic (exact) mass is 574 g/mol. The predicted octanol–water partition coefficient (Wildman–Crippen LogP) is 3.67. The molecule has 0 aliphatic carbocycles. The largest absolute Gasteiger partial charge is 0.481 e. The zero-order valence-electron chi connectivity index (χ0n) is 22.5. The van der Waals surface area contributed by atoms with Gasteiger partial charge in [0.1, 0.15) is 21.8 Å². The number of amides is 1. The Morgan fingerprint density at radius 3 is 2.64 bits per heavy atom. The van der Waals surface area contributed by atoms with E-state index in [1.807, 2.05) is 17.9 Å². The number of carbonyl (C=O) groups is 3. The van der Waals surface area contributed by atoms with Gasteiger partial charge >= 0.3 is 11.9 Å². The topological polar surface area (TPSA) is 133 Å². The number of carboxylic acids is 1. The van der Waals surface area contributed by atoms with Crippen molar-refractivity contribution >= 4 is 58.0 Å². The molecular formula is C27H34N4O6S2. The molecule has 1 N–H and O–H groups in total. The molecule has 2 saturated heterocycles. The molecule has 12 heteroatoms. The number of carboxylic acid groups (broad SMARTS) is 1. The first-order valence-electron chi connectivity index (χ1n) is 13.2. The molecule has 0 aromatic carbocycles. The number of nitrogens with zero attached hydrogens (tertiary/aromatic N) is 4. The van der Waals surface area contributed by atoms with E-state index in [0.29, 0.717) is 78.0 Å². The fourth-order valence-corrected chi connectivity index (χ4v) is 6.24. The molecule has 1 atom stereocenters. The fourth-order valence-electron chi connectivity index (χ4n) is 4.95. The molecule has 2 aliphatic rings. The lowest BCUT2D eigenvalue weighted by molar-refractivity contribution is -0.148. The van der Waals surface area contributed by atoms with Crippen molar-refractivity contribution in [3.05, 3.63) is 31.9 Å². The molecule has 2 fully saturated rings. The molecule has 0 saturated carbocycles. The van der Waals surface area contributed by atoms with E-state index in [-0.39, 0.29) is 36.4 Å². The number of nitriles is 1. The van der Waals surface area contributed by atoms with Gasteiger partial charge in [0.05, 0.1) is 17.4 Å². The van der Waals surface area contributed by atoms with Crippen LogP contribution in [-0.4, -0.2) is 63.0 Å². The van der Waals surface area contributed by atoms with Crippen LogP contribution in [0.25, 0.3) is 6.08 Å². The number of carbonyl (C=O) groups excluding carboxylic acids is 2. The first-order chi connectivity index (χ1) is 18.6. The van der Waals surface area contributed by atoms with Crippen molar-refractivity contribution in [3.8, 4) is 6.07 Å². The molecule has 1 aromatic heterocycles. The van der Waals surface area contributed by atoms with E-state index in [1.54, 1.807) is 19.9 Å². The molecule has 1 unspecified atom stereocenters. The van der Waals surface area contributed by atoms with Crippen LogP contribution in [0.2, 0.25) is 0 Å². The lowest BCUT2D eigenvalue weighted by atomic mass is 9.96. The van der Waals surface area contributed by atoms with Gasteiger partial charge in [0.25, 0.3) is 11.5 Å². The number of rotatable bonds is 11. The minimum atomic E-state index is -0.845. The molecule has 10 nitrogen and oxygen atoms in total. The highest BCUT2D eigenvalue weighted by atomic mass is 32.2. The number of esters is 1. The molecule has 3 heterocycles. The third kappa shape index (κ3) is 6.89. The van der Waals surface area contributed by atoms with Crippen LogP contribution in [0.5, 0.6) is 0 Å². The van der Waals surface area contributed by atoms with Crippen LogP contribution in [-0.2, 0) is 25.7 Å². The van der Waals surface area contributed by atoms with E-state index in [0.717, 1.165) is 18.2 Å². The highest BCUT2D eigenvalue weighted by Gasteiger charge is 2.34. The Kier molecular flexibility index (Phi) is 10.7. The van der Waals surface area contributed by atoms with Gasteiger partial charge in [0, 0.05) is 38.2 Å². The summed E-state index contributed by atoms with van der Waals surface area (Å²) in [6.07, 6.45) is 5.01. The highest BCUT2D eigenvalue weighted by molar-refractivity contribution is 8.26. The van der Waals surface area contributed by atoms with Crippen LogP contribution in [0.15, 0.2) is 9.70 Å². The molecule has 0 bridgehead atoms. The van der Waals surface area contributed by atoms with E-state index in [1.165, 1.54) is 9.47 Å². The van der Waals surface area contributed by atoms with Crippen LogP contribution in [0, 0.1) is 24.2 Å². The van der Waals surface area contributed by atoms with Crippen molar-refractivity contribution in [1.29, 1.82) is 5.26 Å². The van der Waals surface area contributed by atoms with Gasteiger partial charge in [-0.2, -0.15) is 5.26 Å². The normalized spacial score (nSPS) is 18.5. The molecule has 1 aromatic rings. The van der Waals surface area contributed by atoms with Gasteiger partial charge < -0.3 is 14.7 Å². The van der Waals surface area contributed by atoms with Crippen LogP contribution in [0.4, 0.5) is 5.82 Å². The van der Waals surface area contributed by atoms with Gasteiger partial charge in [-0.1, -0.05) is 30.4 Å². The molecule has 210 valence electrons. The van der Waals surface area contributed by atoms with Gasteiger partial charge in [-0.15, -0.1) is 0 Å². The van der Waals surface area contributed by atoms with E-state index in [9.17, 15) is 24.4 Å². The summed E-state index contributed by atoms with van der Waals surface area (Å²) in [6, 6.07) is 2.03. The molecular weight excluding hydrogens is 540 g/mol. The predicted molar refractivity (Wildman–Crippen MR) is 153 cm³/mol. The van der Waals surface area contributed by atoms with Crippen molar-refractivity contribution in [3.63, 3.8) is 0 Å². The van der Waals surface area contributed by atoms with E-state index in [4.69, 9.17) is 22.1 Å². The van der Waals surface area contributed by atoms with Crippen LogP contribution >= 0.6 is 24.0 Å². The summed E-state index contributed by atoms with van der Waals surface area (Å²) >= 11 is 6.64. The van der Waals surface area contributed by atoms with Crippen LogP contribution in [0.1, 0.15) is 69.1 Å². The number of aliphatic carboxylic acids is 1. The standard InChI is InChI=1S/C27H34N4O6S2/c1-4-30-23(29-12-9-10-18(16-29)26(36)37-5-2)19(17(3)20(15-28)24(30)34)14-21-25(35)31(27(38)39-21)13-8-6-7-11-22(32)33/h14,18H,4-13,16H2,1-3H3,(H,32,33). The second kappa shape index (κ2) is 13.8. The number of ether oxygens (including phenoxy) is 1. The quantitative estimate of drug-likeness (QED) is 0.181. The SMILES string of the molecule is CCOC(=O)C1CCCN(c2c(C=C3SC(=S)N(CCCCCC(=O)O)C3=O)c(C)c(C#N)c(=O)n2CC)C1. The smallest absolute Gasteiger partial charge is 0.310 e. The molecule has 39 heavy (non-hydrogen) atoms. The van der Waals surface area contributed by atoms with Gasteiger partial charge in [-0.3, -0.25) is 28.6 Å². The number of aromatic nitrogens is 1. The number of pyridine rings is 1. The number of hydrogen-bond acceptors (Lipinski definition) is 9. The van der Waals surface area contributed by atoms with E-state index < -0.39 is 11.5 Å². The maximum atomic E-state index is 13.3. The summed E-state index contributed by atoms with van der Waals surface area (Å²) in [5.74, 6) is -1.15. The minimum Gasteiger partial charge on any atom is -0.481 e. The molecule has 2 aliphatic heterocycles. The second-order valence-electron chi connectivity index (χ2n) is 9.47. The number of thioether (sulfide) groups is 1. The summed E-state index contributed by atoms with van der Waals surface area (Å²) in [5, 5.41) is 18.6. The van der Waals surface area contributed by atoms with Gasteiger partial charge in [0.15, 0.2) is 0 Å². The molecule has 0 spiro atoms. The van der Waals surface area contributed by atoms with Crippen molar-refractivity contribution in [2.75, 3.05) is 31.1 Å². The average Bonchev–Trinajstić information content (AvgIpc) is 3.17. The molecule has 1 amide bonds. The zero-order valence-corrected chi connectivity index (χ0v) is 24.2. The third-order valence-electron chi connectivity index (χ3n) is 6.92. The first-order valence-corrected chi connectivity index (χ1v) is 14.4. The van der Waals surface area contributed by atoms with Gasteiger partial charge in [-0.25, -0.2) is 0 Å². The Labute approximate surface area is 237 Å². The summed E-state index contributed by atoms with van der Waals surface area (Å²) in [7, 11) is 0. The Morgan fingerprint density at radius 2 is 2.00 bits per heavy atom. The number of piperidine rings is 1. The lowest BCUT2D eigenvalue weighted by Gasteiger charge is -2.36. The Balaban J connectivity index is 1.99. The van der Waals surface area contributed by atoms with Gasteiger partial charge in [-0.05, 0) is 58.1 Å². The number of thiocarbonyl (C=S) groups is 1.